The normalized spacial score (nSPS) is 17.6. The number of rotatable bonds is 3. The minimum absolute atomic E-state index is 0.122. The maximum absolute atomic E-state index is 10.6. The Morgan fingerprint density at radius 3 is 2.78 bits per heavy atom. The molecule has 1 aliphatic heterocycles. The summed E-state index contributed by atoms with van der Waals surface area (Å²) in [5, 5.41) is 11.2. The fourth-order valence-corrected chi connectivity index (χ4v) is 2.48. The summed E-state index contributed by atoms with van der Waals surface area (Å²) in [5.41, 5.74) is 2.62. The standard InChI is InChI=1S/C14H20N2O2/c1-11-3-2-4-12(9-11)10-16-7-5-13(6-8-16)15-14(17)18/h2-4,9,13,15H,5-8,10H2,1H3,(H,17,18). The van der Waals surface area contributed by atoms with Gasteiger partial charge in [-0.05, 0) is 25.3 Å². The molecular weight excluding hydrogens is 228 g/mol. The van der Waals surface area contributed by atoms with Gasteiger partial charge in [0.2, 0.25) is 0 Å². The molecular formula is C14H20N2O2. The number of benzene rings is 1. The zero-order valence-corrected chi connectivity index (χ0v) is 10.7. The summed E-state index contributed by atoms with van der Waals surface area (Å²) < 4.78 is 0. The molecule has 1 aliphatic rings. The second-order valence-corrected chi connectivity index (χ2v) is 4.99. The highest BCUT2D eigenvalue weighted by Gasteiger charge is 2.20. The highest BCUT2D eigenvalue weighted by molar-refractivity contribution is 5.64. The van der Waals surface area contributed by atoms with Gasteiger partial charge in [0.05, 0.1) is 0 Å². The summed E-state index contributed by atoms with van der Waals surface area (Å²) in [6.45, 7) is 4.98. The summed E-state index contributed by atoms with van der Waals surface area (Å²) in [6.07, 6.45) is 0.892. The van der Waals surface area contributed by atoms with E-state index >= 15 is 0 Å². The third-order valence-electron chi connectivity index (χ3n) is 3.40. The topological polar surface area (TPSA) is 52.6 Å². The van der Waals surface area contributed by atoms with Crippen molar-refractivity contribution in [2.45, 2.75) is 32.4 Å². The van der Waals surface area contributed by atoms with Crippen LogP contribution in [0.15, 0.2) is 24.3 Å². The largest absolute Gasteiger partial charge is 0.465 e. The van der Waals surface area contributed by atoms with E-state index in [0.717, 1.165) is 32.5 Å². The molecule has 0 unspecified atom stereocenters. The molecule has 0 aliphatic carbocycles. The van der Waals surface area contributed by atoms with E-state index in [2.05, 4.69) is 41.4 Å². The Hall–Kier alpha value is -1.55. The number of nitrogens with one attached hydrogen (secondary N) is 1. The van der Waals surface area contributed by atoms with Crippen LogP contribution in [0.1, 0.15) is 24.0 Å². The predicted molar refractivity (Wildman–Crippen MR) is 70.6 cm³/mol. The maximum atomic E-state index is 10.6. The van der Waals surface area contributed by atoms with Gasteiger partial charge in [-0.2, -0.15) is 0 Å². The molecule has 4 nitrogen and oxygen atoms in total. The van der Waals surface area contributed by atoms with Crippen LogP contribution in [0.4, 0.5) is 4.79 Å². The van der Waals surface area contributed by atoms with E-state index < -0.39 is 6.09 Å². The molecule has 0 aromatic heterocycles. The number of aryl methyl sites for hydroxylation is 1. The Morgan fingerprint density at radius 2 is 2.17 bits per heavy atom. The second kappa shape index (κ2) is 5.87. The van der Waals surface area contributed by atoms with Crippen LogP contribution in [0.5, 0.6) is 0 Å². The Bertz CT molecular complexity index is 412. The number of amides is 1. The number of nitrogens with zero attached hydrogens (tertiary/aromatic N) is 1. The number of carboxylic acid groups (broad SMARTS) is 1. The molecule has 98 valence electrons. The van der Waals surface area contributed by atoms with Crippen LogP contribution in [0.25, 0.3) is 0 Å². The molecule has 0 atom stereocenters. The smallest absolute Gasteiger partial charge is 0.404 e. The monoisotopic (exact) mass is 248 g/mol. The second-order valence-electron chi connectivity index (χ2n) is 4.99. The molecule has 4 heteroatoms. The molecule has 0 saturated carbocycles. The highest BCUT2D eigenvalue weighted by Crippen LogP contribution is 2.14. The minimum Gasteiger partial charge on any atom is -0.465 e. The molecule has 18 heavy (non-hydrogen) atoms. The Labute approximate surface area is 108 Å². The lowest BCUT2D eigenvalue weighted by atomic mass is 10.0. The first-order valence-electron chi connectivity index (χ1n) is 6.41. The summed E-state index contributed by atoms with van der Waals surface area (Å²) in [5.74, 6) is 0. The summed E-state index contributed by atoms with van der Waals surface area (Å²) in [7, 11) is 0. The van der Waals surface area contributed by atoms with Crippen LogP contribution in [-0.4, -0.2) is 35.2 Å². The van der Waals surface area contributed by atoms with Crippen molar-refractivity contribution >= 4 is 6.09 Å². The molecule has 0 spiro atoms. The van der Waals surface area contributed by atoms with E-state index in [4.69, 9.17) is 5.11 Å². The lowest BCUT2D eigenvalue weighted by molar-refractivity contribution is 0.165. The Kier molecular flexibility index (Phi) is 4.20. The van der Waals surface area contributed by atoms with Gasteiger partial charge in [-0.1, -0.05) is 29.8 Å². The van der Waals surface area contributed by atoms with Crippen molar-refractivity contribution in [3.63, 3.8) is 0 Å². The van der Waals surface area contributed by atoms with Crippen LogP contribution in [-0.2, 0) is 6.54 Å². The quantitative estimate of drug-likeness (QED) is 0.862. The van der Waals surface area contributed by atoms with Crippen molar-refractivity contribution in [3.8, 4) is 0 Å². The minimum atomic E-state index is -0.910. The van der Waals surface area contributed by atoms with Crippen molar-refractivity contribution in [2.75, 3.05) is 13.1 Å². The fraction of sp³-hybridized carbons (Fsp3) is 0.500. The van der Waals surface area contributed by atoms with Crippen LogP contribution in [0, 0.1) is 6.92 Å². The Balaban J connectivity index is 1.81. The molecule has 1 fully saturated rings. The molecule has 2 N–H and O–H groups in total. The average Bonchev–Trinajstić information content (AvgIpc) is 2.31. The van der Waals surface area contributed by atoms with Gasteiger partial charge in [0.1, 0.15) is 0 Å². The van der Waals surface area contributed by atoms with E-state index in [9.17, 15) is 4.79 Å². The average molecular weight is 248 g/mol. The van der Waals surface area contributed by atoms with Crippen molar-refractivity contribution < 1.29 is 9.90 Å². The van der Waals surface area contributed by atoms with Gasteiger partial charge in [-0.15, -0.1) is 0 Å². The summed E-state index contributed by atoms with van der Waals surface area (Å²) in [4.78, 5) is 12.9. The van der Waals surface area contributed by atoms with Gasteiger partial charge in [0.25, 0.3) is 0 Å². The van der Waals surface area contributed by atoms with Gasteiger partial charge in [-0.25, -0.2) is 4.79 Å². The lowest BCUT2D eigenvalue weighted by Crippen LogP contribution is -2.43. The van der Waals surface area contributed by atoms with Gasteiger partial charge in [0, 0.05) is 25.7 Å². The maximum Gasteiger partial charge on any atom is 0.404 e. The number of hydrogen-bond acceptors (Lipinski definition) is 2. The molecule has 0 radical (unpaired) electrons. The van der Waals surface area contributed by atoms with Crippen molar-refractivity contribution in [1.29, 1.82) is 0 Å². The van der Waals surface area contributed by atoms with E-state index in [-0.39, 0.29) is 6.04 Å². The van der Waals surface area contributed by atoms with Gasteiger partial charge < -0.3 is 10.4 Å². The zero-order valence-electron chi connectivity index (χ0n) is 10.7. The highest BCUT2D eigenvalue weighted by atomic mass is 16.4. The van der Waals surface area contributed by atoms with Gasteiger partial charge in [0.15, 0.2) is 0 Å². The number of hydrogen-bond donors (Lipinski definition) is 2. The zero-order chi connectivity index (χ0) is 13.0. The third kappa shape index (κ3) is 3.74. The van der Waals surface area contributed by atoms with E-state index in [1.807, 2.05) is 0 Å². The number of likely N-dealkylation sites (tertiary alicyclic amines) is 1. The first kappa shape index (κ1) is 12.9. The molecule has 1 amide bonds. The number of carbonyl (C=O) groups is 1. The van der Waals surface area contributed by atoms with Gasteiger partial charge >= 0.3 is 6.09 Å². The predicted octanol–water partition coefficient (Wildman–Crippen LogP) is 2.23. The number of piperidine rings is 1. The third-order valence-corrected chi connectivity index (χ3v) is 3.40. The molecule has 0 bridgehead atoms. The molecule has 1 aromatic rings. The van der Waals surface area contributed by atoms with Gasteiger partial charge in [-0.3, -0.25) is 4.90 Å². The molecule has 1 aromatic carbocycles. The van der Waals surface area contributed by atoms with E-state index in [1.165, 1.54) is 11.1 Å². The van der Waals surface area contributed by atoms with E-state index in [0.29, 0.717) is 0 Å². The van der Waals surface area contributed by atoms with E-state index in [1.54, 1.807) is 0 Å². The molecule has 1 heterocycles. The first-order valence-corrected chi connectivity index (χ1v) is 6.41. The van der Waals surface area contributed by atoms with Crippen molar-refractivity contribution in [3.05, 3.63) is 35.4 Å². The first-order chi connectivity index (χ1) is 8.63. The lowest BCUT2D eigenvalue weighted by Gasteiger charge is -2.31. The van der Waals surface area contributed by atoms with Crippen LogP contribution in [0.2, 0.25) is 0 Å². The van der Waals surface area contributed by atoms with Crippen molar-refractivity contribution in [1.82, 2.24) is 10.2 Å². The van der Waals surface area contributed by atoms with Crippen molar-refractivity contribution in [2.24, 2.45) is 0 Å². The summed E-state index contributed by atoms with van der Waals surface area (Å²) >= 11 is 0. The van der Waals surface area contributed by atoms with Crippen LogP contribution < -0.4 is 5.32 Å². The fourth-order valence-electron chi connectivity index (χ4n) is 2.48. The summed E-state index contributed by atoms with van der Waals surface area (Å²) in [6, 6.07) is 8.67. The molecule has 1 saturated heterocycles. The van der Waals surface area contributed by atoms with Crippen LogP contribution in [0.3, 0.4) is 0 Å². The van der Waals surface area contributed by atoms with Crippen LogP contribution >= 0.6 is 0 Å². The SMILES string of the molecule is Cc1cccc(CN2CCC(NC(=O)O)CC2)c1. The Morgan fingerprint density at radius 1 is 1.44 bits per heavy atom. The molecule has 2 rings (SSSR count).